The number of aryl methyl sites for hydroxylation is 1. The first-order chi connectivity index (χ1) is 15.5. The number of rotatable bonds is 6. The summed E-state index contributed by atoms with van der Waals surface area (Å²) in [7, 11) is 0. The Morgan fingerprint density at radius 1 is 1.06 bits per heavy atom. The van der Waals surface area contributed by atoms with Crippen molar-refractivity contribution in [2.75, 3.05) is 5.32 Å². The summed E-state index contributed by atoms with van der Waals surface area (Å²) in [4.78, 5) is 29.6. The van der Waals surface area contributed by atoms with Gasteiger partial charge >= 0.3 is 0 Å². The summed E-state index contributed by atoms with van der Waals surface area (Å²) in [5.41, 5.74) is 4.11. The van der Waals surface area contributed by atoms with Crippen molar-refractivity contribution in [3.63, 3.8) is 0 Å². The molecule has 32 heavy (non-hydrogen) atoms. The van der Waals surface area contributed by atoms with Gasteiger partial charge in [-0.2, -0.15) is 0 Å². The average Bonchev–Trinajstić information content (AvgIpc) is 2.77. The molecule has 0 saturated heterocycles. The van der Waals surface area contributed by atoms with E-state index in [1.807, 2.05) is 48.5 Å². The zero-order valence-electron chi connectivity index (χ0n) is 18.1. The van der Waals surface area contributed by atoms with Gasteiger partial charge in [-0.1, -0.05) is 61.0 Å². The van der Waals surface area contributed by atoms with Crippen LogP contribution in [-0.4, -0.2) is 15.5 Å². The van der Waals surface area contributed by atoms with Crippen molar-refractivity contribution in [2.45, 2.75) is 33.2 Å². The Bertz CT molecular complexity index is 1340. The molecule has 0 aliphatic carbocycles. The van der Waals surface area contributed by atoms with Crippen LogP contribution >= 0.6 is 11.6 Å². The van der Waals surface area contributed by atoms with Crippen molar-refractivity contribution in [1.82, 2.24) is 9.55 Å². The smallest absolute Gasteiger partial charge is 0.261 e. The number of aromatic nitrogens is 2. The predicted octanol–water partition coefficient (Wildman–Crippen LogP) is 5.68. The molecule has 1 aromatic heterocycles. The number of hydrogen-bond acceptors (Lipinski definition) is 3. The summed E-state index contributed by atoms with van der Waals surface area (Å²) in [6.07, 6.45) is 1.59. The number of carbonyl (C=O) groups is 1. The Kier molecular flexibility index (Phi) is 6.37. The lowest BCUT2D eigenvalue weighted by atomic mass is 10.0. The van der Waals surface area contributed by atoms with Crippen LogP contribution in [0.4, 0.5) is 5.69 Å². The molecule has 0 fully saturated rings. The maximum Gasteiger partial charge on any atom is 0.261 e. The van der Waals surface area contributed by atoms with Crippen LogP contribution in [0.5, 0.6) is 0 Å². The van der Waals surface area contributed by atoms with E-state index in [9.17, 15) is 9.59 Å². The summed E-state index contributed by atoms with van der Waals surface area (Å²) >= 11 is 6.32. The van der Waals surface area contributed by atoms with Crippen molar-refractivity contribution < 1.29 is 4.79 Å². The van der Waals surface area contributed by atoms with Gasteiger partial charge in [0.05, 0.1) is 17.4 Å². The fourth-order valence-corrected chi connectivity index (χ4v) is 4.04. The first-order valence-electron chi connectivity index (χ1n) is 10.6. The van der Waals surface area contributed by atoms with E-state index in [0.29, 0.717) is 34.6 Å². The van der Waals surface area contributed by atoms with E-state index >= 15 is 0 Å². The number of hydrogen-bond donors (Lipinski definition) is 1. The molecule has 0 aliphatic heterocycles. The molecule has 1 N–H and O–H groups in total. The summed E-state index contributed by atoms with van der Waals surface area (Å²) in [5, 5.41) is 3.93. The van der Waals surface area contributed by atoms with E-state index in [1.165, 1.54) is 6.92 Å². The van der Waals surface area contributed by atoms with Crippen molar-refractivity contribution >= 4 is 34.1 Å². The Morgan fingerprint density at radius 2 is 1.81 bits per heavy atom. The second-order valence-electron chi connectivity index (χ2n) is 7.76. The lowest BCUT2D eigenvalue weighted by molar-refractivity contribution is -0.114. The normalized spacial score (nSPS) is 11.0. The molecule has 0 aliphatic rings. The largest absolute Gasteiger partial charge is 0.326 e. The maximum absolute atomic E-state index is 13.4. The molecule has 3 aromatic carbocycles. The molecule has 0 bridgehead atoms. The van der Waals surface area contributed by atoms with E-state index in [-0.39, 0.29) is 11.5 Å². The number of halogens is 1. The highest BCUT2D eigenvalue weighted by molar-refractivity contribution is 6.33. The summed E-state index contributed by atoms with van der Waals surface area (Å²) in [6.45, 7) is 3.93. The Labute approximate surface area is 191 Å². The third kappa shape index (κ3) is 4.58. The molecule has 5 nitrogen and oxygen atoms in total. The zero-order valence-corrected chi connectivity index (χ0v) is 18.8. The van der Waals surface area contributed by atoms with Crippen molar-refractivity contribution in [1.29, 1.82) is 0 Å². The first kappa shape index (κ1) is 21.8. The minimum absolute atomic E-state index is 0.110. The molecule has 0 atom stereocenters. The van der Waals surface area contributed by atoms with Gasteiger partial charge in [-0.25, -0.2) is 4.98 Å². The van der Waals surface area contributed by atoms with Crippen molar-refractivity contribution in [3.05, 3.63) is 93.5 Å². The number of benzene rings is 3. The van der Waals surface area contributed by atoms with Crippen LogP contribution in [0.3, 0.4) is 0 Å². The van der Waals surface area contributed by atoms with Gasteiger partial charge in [0.15, 0.2) is 0 Å². The number of nitrogens with one attached hydrogen (secondary N) is 1. The molecule has 0 saturated carbocycles. The number of fused-ring (bicyclic) bond motifs is 1. The van der Waals surface area contributed by atoms with Gasteiger partial charge in [-0.3, -0.25) is 14.2 Å². The molecule has 4 rings (SSSR count). The van der Waals surface area contributed by atoms with Crippen LogP contribution < -0.4 is 10.9 Å². The zero-order chi connectivity index (χ0) is 22.7. The highest BCUT2D eigenvalue weighted by atomic mass is 35.5. The van der Waals surface area contributed by atoms with Gasteiger partial charge in [0.25, 0.3) is 5.56 Å². The molecule has 6 heteroatoms. The number of anilines is 1. The average molecular weight is 446 g/mol. The molecular formula is C26H24ClN3O2. The molecule has 0 radical (unpaired) electrons. The quantitative estimate of drug-likeness (QED) is 0.415. The second-order valence-corrected chi connectivity index (χ2v) is 8.17. The van der Waals surface area contributed by atoms with E-state index in [4.69, 9.17) is 16.6 Å². The van der Waals surface area contributed by atoms with E-state index in [2.05, 4.69) is 12.2 Å². The van der Waals surface area contributed by atoms with Crippen molar-refractivity contribution in [2.24, 2.45) is 0 Å². The van der Waals surface area contributed by atoms with Crippen molar-refractivity contribution in [3.8, 4) is 11.1 Å². The molecule has 162 valence electrons. The maximum atomic E-state index is 13.4. The predicted molar refractivity (Wildman–Crippen MR) is 130 cm³/mol. The van der Waals surface area contributed by atoms with E-state index < -0.39 is 0 Å². The summed E-state index contributed by atoms with van der Waals surface area (Å²) in [6, 6.07) is 21.0. The fraction of sp³-hybridized carbons (Fsp3) is 0.192. The van der Waals surface area contributed by atoms with Gasteiger partial charge in [0.2, 0.25) is 5.91 Å². The lowest BCUT2D eigenvalue weighted by Gasteiger charge is -2.14. The Hall–Kier alpha value is -3.44. The topological polar surface area (TPSA) is 64.0 Å². The first-order valence-corrected chi connectivity index (χ1v) is 11.0. The van der Waals surface area contributed by atoms with Crippen LogP contribution in [0.2, 0.25) is 5.02 Å². The van der Waals surface area contributed by atoms with Crippen LogP contribution in [0.1, 0.15) is 31.7 Å². The van der Waals surface area contributed by atoms with Crippen LogP contribution in [0.25, 0.3) is 22.0 Å². The Morgan fingerprint density at radius 3 is 2.50 bits per heavy atom. The van der Waals surface area contributed by atoms with Gasteiger partial charge in [-0.05, 0) is 41.8 Å². The highest BCUT2D eigenvalue weighted by Crippen LogP contribution is 2.27. The molecule has 0 unspecified atom stereocenters. The Balaban J connectivity index is 1.73. The molecule has 1 heterocycles. The molecule has 0 spiro atoms. The minimum Gasteiger partial charge on any atom is -0.326 e. The third-order valence-electron chi connectivity index (χ3n) is 5.31. The summed E-state index contributed by atoms with van der Waals surface area (Å²) < 4.78 is 1.73. The van der Waals surface area contributed by atoms with Crippen LogP contribution in [0, 0.1) is 0 Å². The molecular weight excluding hydrogens is 422 g/mol. The fourth-order valence-electron chi connectivity index (χ4n) is 3.79. The van der Waals surface area contributed by atoms with Gasteiger partial charge < -0.3 is 5.32 Å². The van der Waals surface area contributed by atoms with Gasteiger partial charge in [-0.15, -0.1) is 0 Å². The number of nitrogens with zero attached hydrogens (tertiary/aromatic N) is 2. The van der Waals surface area contributed by atoms with E-state index in [0.717, 1.165) is 28.9 Å². The summed E-state index contributed by atoms with van der Waals surface area (Å²) in [5.74, 6) is 0.575. The SMILES string of the molecule is CCCc1nc2ccc(NC(C)=O)cc2c(=O)n1Cc1ccc(-c2ccccc2Cl)cc1. The molecule has 1 amide bonds. The highest BCUT2D eigenvalue weighted by Gasteiger charge is 2.13. The molecule has 4 aromatic rings. The third-order valence-corrected chi connectivity index (χ3v) is 5.64. The second kappa shape index (κ2) is 9.37. The van der Waals surface area contributed by atoms with Gasteiger partial charge in [0, 0.05) is 29.6 Å². The minimum atomic E-state index is -0.182. The van der Waals surface area contributed by atoms with Gasteiger partial charge in [0.1, 0.15) is 5.82 Å². The van der Waals surface area contributed by atoms with E-state index in [1.54, 1.807) is 22.8 Å². The lowest BCUT2D eigenvalue weighted by Crippen LogP contribution is -2.26. The number of amides is 1. The standard InChI is InChI=1S/C26H24ClN3O2/c1-3-6-25-29-24-14-13-20(28-17(2)31)15-22(24)26(32)30(25)16-18-9-11-19(12-10-18)21-7-4-5-8-23(21)27/h4-5,7-15H,3,6,16H2,1-2H3,(H,28,31). The monoisotopic (exact) mass is 445 g/mol. The van der Waals surface area contributed by atoms with Crippen LogP contribution in [-0.2, 0) is 17.8 Å². The number of carbonyl (C=O) groups excluding carboxylic acids is 1. The van der Waals surface area contributed by atoms with Crippen LogP contribution in [0.15, 0.2) is 71.5 Å².